The van der Waals surface area contributed by atoms with Crippen molar-refractivity contribution >= 4 is 5.97 Å². The van der Waals surface area contributed by atoms with Crippen LogP contribution in [-0.4, -0.2) is 141 Å². The van der Waals surface area contributed by atoms with E-state index in [1.165, 1.54) is 13.9 Å². The summed E-state index contributed by atoms with van der Waals surface area (Å²) in [5.74, 6) is -2.55. The van der Waals surface area contributed by atoms with Crippen molar-refractivity contribution in [2.75, 3.05) is 27.9 Å². The van der Waals surface area contributed by atoms with Crippen LogP contribution in [0, 0.1) is 30.5 Å². The number of carbonyl (C=O) groups is 1. The molecule has 2 bridgehead atoms. The van der Waals surface area contributed by atoms with Crippen molar-refractivity contribution in [3.63, 3.8) is 0 Å². The van der Waals surface area contributed by atoms with E-state index in [1.807, 2.05) is 32.1 Å². The predicted octanol–water partition coefficient (Wildman–Crippen LogP) is 6.56. The first kappa shape index (κ1) is 51.5. The molecule has 20 atom stereocenters. The van der Waals surface area contributed by atoms with Gasteiger partial charge in [-0.15, -0.1) is 0 Å². The van der Waals surface area contributed by atoms with Gasteiger partial charge in [-0.2, -0.15) is 0 Å². The van der Waals surface area contributed by atoms with Crippen LogP contribution in [0.1, 0.15) is 100 Å². The topological polar surface area (TPSA) is 168 Å². The van der Waals surface area contributed by atoms with Gasteiger partial charge in [0, 0.05) is 58.8 Å². The summed E-state index contributed by atoms with van der Waals surface area (Å²) < 4.78 is 75.4. The fourth-order valence-corrected chi connectivity index (χ4v) is 11.3. The van der Waals surface area contributed by atoms with Crippen LogP contribution in [0.4, 0.5) is 0 Å². The van der Waals surface area contributed by atoms with Crippen LogP contribution in [0.2, 0.25) is 0 Å². The Bertz CT molecular complexity index is 1800. The fourth-order valence-electron chi connectivity index (χ4n) is 11.3. The number of esters is 1. The molecule has 15 nitrogen and oxygen atoms in total. The molecule has 66 heavy (non-hydrogen) atoms. The van der Waals surface area contributed by atoms with Crippen LogP contribution in [0.3, 0.4) is 0 Å². The number of carbonyl (C=O) groups excluding carboxylic acids is 1. The first-order chi connectivity index (χ1) is 31.5. The zero-order valence-electron chi connectivity index (χ0n) is 40.9. The summed E-state index contributed by atoms with van der Waals surface area (Å²) in [6.45, 7) is 17.6. The Kier molecular flexibility index (Phi) is 17.3. The van der Waals surface area contributed by atoms with Gasteiger partial charge < -0.3 is 67.1 Å². The Morgan fingerprint density at radius 2 is 1.59 bits per heavy atom. The number of hydrogen-bond donors (Lipinski definition) is 2. The highest BCUT2D eigenvalue weighted by atomic mass is 16.7. The van der Waals surface area contributed by atoms with E-state index in [0.717, 1.165) is 18.4 Å². The number of hydrogen-bond acceptors (Lipinski definition) is 15. The molecule has 0 aromatic rings. The van der Waals surface area contributed by atoms with E-state index in [2.05, 4.69) is 46.8 Å². The first-order valence-corrected chi connectivity index (χ1v) is 24.2. The van der Waals surface area contributed by atoms with E-state index < -0.39 is 72.5 Å². The lowest BCUT2D eigenvalue weighted by atomic mass is 9.71. The summed E-state index contributed by atoms with van der Waals surface area (Å²) in [4.78, 5) is 14.4. The molecule has 371 valence electrons. The standard InChI is InChI=1S/C51H77O15/c1-12-14-28(2)45-31(5)19-20-50(66-45)25-37-22-36(65-50)18-17-30(4)44(29(3)15-13-16-35-26-58-48-43(52)32(6)21-38(49(53)62-37)51(35,48)54)63-41-24-40(57-11)47(34(8)61-41)64-42-23-39(56-10)46(33(7)60-42)59-27-55-9/h13,15-17,19-21,27-29,31,33-34,36-48,52,54H,12,14,18,22-26H2,1-11H3/b15-13+,30-17+,35-16+/t28?,29?,31-,33-,34-,36+,37-,38-,39-,40-,41?,42-,43+,44-,45+,46?,47-,48+,50+,51+/m0/s1. The molecule has 15 heteroatoms. The van der Waals surface area contributed by atoms with Crippen LogP contribution in [0.25, 0.3) is 0 Å². The Balaban J connectivity index is 1.16. The minimum atomic E-state index is -1.84. The van der Waals surface area contributed by atoms with Crippen molar-refractivity contribution < 1.29 is 71.8 Å². The van der Waals surface area contributed by atoms with Gasteiger partial charge in [0.25, 0.3) is 0 Å². The minimum absolute atomic E-state index is 0.0322. The average Bonchev–Trinajstić information content (AvgIpc) is 3.62. The number of methoxy groups -OCH3 is 3. The molecule has 0 aromatic carbocycles. The van der Waals surface area contributed by atoms with Gasteiger partial charge in [0.2, 0.25) is 6.79 Å². The third-order valence-electron chi connectivity index (χ3n) is 14.9. The third kappa shape index (κ3) is 11.0. The molecule has 1 radical (unpaired) electrons. The lowest BCUT2D eigenvalue weighted by molar-refractivity contribution is -0.321. The Morgan fingerprint density at radius 3 is 2.29 bits per heavy atom. The van der Waals surface area contributed by atoms with Gasteiger partial charge in [-0.05, 0) is 69.2 Å². The molecule has 6 heterocycles. The van der Waals surface area contributed by atoms with Crippen molar-refractivity contribution in [1.29, 1.82) is 0 Å². The lowest BCUT2D eigenvalue weighted by Gasteiger charge is -2.48. The molecule has 6 aliphatic heterocycles. The minimum Gasteiger partial charge on any atom is -0.462 e. The molecule has 4 fully saturated rings. The molecule has 1 spiro atoms. The number of aliphatic hydroxyl groups is 2. The van der Waals surface area contributed by atoms with E-state index >= 15 is 0 Å². The second kappa shape index (κ2) is 22.2. The van der Waals surface area contributed by atoms with E-state index in [1.54, 1.807) is 33.3 Å². The molecule has 4 unspecified atom stereocenters. The highest BCUT2D eigenvalue weighted by Gasteiger charge is 2.60. The summed E-state index contributed by atoms with van der Waals surface area (Å²) in [6, 6.07) is 0. The van der Waals surface area contributed by atoms with E-state index in [0.29, 0.717) is 43.3 Å². The smallest absolute Gasteiger partial charge is 0.316 e. The summed E-state index contributed by atoms with van der Waals surface area (Å²) in [7, 11) is 4.83. The quantitative estimate of drug-likeness (QED) is 0.159. The number of aliphatic hydroxyl groups excluding tert-OH is 1. The normalized spacial score (nSPS) is 46.9. The van der Waals surface area contributed by atoms with E-state index in [-0.39, 0.29) is 61.0 Å². The number of rotatable bonds is 12. The number of allylic oxidation sites excluding steroid dienone is 2. The zero-order valence-corrected chi connectivity index (χ0v) is 40.9. The molecule has 7 rings (SSSR count). The Hall–Kier alpha value is -2.35. The lowest BCUT2D eigenvalue weighted by Crippen LogP contribution is -2.58. The van der Waals surface area contributed by atoms with E-state index in [4.69, 9.17) is 56.8 Å². The predicted molar refractivity (Wildman–Crippen MR) is 242 cm³/mol. The SMILES string of the molecule is CCCC(C)[C@H]1O[C@]2(C=C[C@@H]1C)C[C@@H]1C[C@@H](C/C=C(\C)[C@@H](OC3C[C@H](OC)[C@@H](O[C@H]4C[C@H](OC)C(O[CH]OC)[C@H](C)O4)[C@H](C)O3)C(C)/C=C/C=C3\CO[C@@H]4[C@H](O)C(C)=C[C@@H](C(=O)O1)[C@]34O)O2. The van der Waals surface area contributed by atoms with Crippen LogP contribution in [0.5, 0.6) is 0 Å². The van der Waals surface area contributed by atoms with Crippen molar-refractivity contribution in [3.05, 3.63) is 66.0 Å². The largest absolute Gasteiger partial charge is 0.462 e. The number of fused-ring (bicyclic) bond motifs is 2. The van der Waals surface area contributed by atoms with Gasteiger partial charge >= 0.3 is 5.97 Å². The monoisotopic (exact) mass is 930 g/mol. The fraction of sp³-hybridized carbons (Fsp3) is 0.765. The maximum Gasteiger partial charge on any atom is 0.316 e. The molecular weight excluding hydrogens is 853 g/mol. The highest BCUT2D eigenvalue weighted by Crippen LogP contribution is 2.47. The van der Waals surface area contributed by atoms with Crippen LogP contribution in [0.15, 0.2) is 59.3 Å². The van der Waals surface area contributed by atoms with Crippen LogP contribution >= 0.6 is 0 Å². The third-order valence-corrected chi connectivity index (χ3v) is 14.9. The van der Waals surface area contributed by atoms with Crippen molar-refractivity contribution in [2.24, 2.45) is 23.7 Å². The molecule has 7 aliphatic rings. The second-order valence-corrected chi connectivity index (χ2v) is 19.8. The zero-order chi connectivity index (χ0) is 47.5. The van der Waals surface area contributed by atoms with Crippen molar-refractivity contribution in [1.82, 2.24) is 0 Å². The van der Waals surface area contributed by atoms with Crippen molar-refractivity contribution in [3.8, 4) is 0 Å². The van der Waals surface area contributed by atoms with Gasteiger partial charge in [-0.1, -0.05) is 70.6 Å². The van der Waals surface area contributed by atoms with Gasteiger partial charge in [-0.25, -0.2) is 0 Å². The molecule has 0 aromatic heterocycles. The van der Waals surface area contributed by atoms with Crippen LogP contribution in [-0.2, 0) is 61.6 Å². The Morgan fingerprint density at radius 1 is 0.894 bits per heavy atom. The molecule has 4 saturated heterocycles. The maximum atomic E-state index is 14.4. The molecule has 1 aliphatic carbocycles. The Labute approximate surface area is 392 Å². The molecule has 0 amide bonds. The van der Waals surface area contributed by atoms with E-state index in [9.17, 15) is 15.0 Å². The molecule has 2 N–H and O–H groups in total. The van der Waals surface area contributed by atoms with Gasteiger partial charge in [0.15, 0.2) is 18.4 Å². The number of ether oxygens (including phenoxy) is 12. The van der Waals surface area contributed by atoms with Gasteiger partial charge in [-0.3, -0.25) is 4.79 Å². The summed E-state index contributed by atoms with van der Waals surface area (Å²) >= 11 is 0. The maximum absolute atomic E-state index is 14.4. The molecular formula is C51H77O15. The second-order valence-electron chi connectivity index (χ2n) is 19.8. The van der Waals surface area contributed by atoms with Crippen LogP contribution < -0.4 is 0 Å². The van der Waals surface area contributed by atoms with Gasteiger partial charge in [0.1, 0.15) is 42.0 Å². The average molecular weight is 930 g/mol. The summed E-state index contributed by atoms with van der Waals surface area (Å²) in [6.07, 6.45) is 10.5. The molecule has 0 saturated carbocycles. The van der Waals surface area contributed by atoms with Gasteiger partial charge in [0.05, 0.1) is 49.3 Å². The highest BCUT2D eigenvalue weighted by molar-refractivity contribution is 5.78. The van der Waals surface area contributed by atoms with Crippen molar-refractivity contribution in [2.45, 2.75) is 198 Å². The summed E-state index contributed by atoms with van der Waals surface area (Å²) in [5, 5.41) is 23.8. The first-order valence-electron chi connectivity index (χ1n) is 24.2. The summed E-state index contributed by atoms with van der Waals surface area (Å²) in [5.41, 5.74) is 0.142.